The lowest BCUT2D eigenvalue weighted by Crippen LogP contribution is -2.12. The van der Waals surface area contributed by atoms with E-state index >= 15 is 0 Å². The van der Waals surface area contributed by atoms with Crippen LogP contribution in [0.4, 0.5) is 0 Å². The van der Waals surface area contributed by atoms with Gasteiger partial charge in [0.25, 0.3) is 0 Å². The maximum absolute atomic E-state index is 8.65. The van der Waals surface area contributed by atoms with Crippen LogP contribution in [-0.2, 0) is 0 Å². The Morgan fingerprint density at radius 3 is 2.73 bits per heavy atom. The van der Waals surface area contributed by atoms with Crippen molar-refractivity contribution in [2.75, 3.05) is 6.61 Å². The van der Waals surface area contributed by atoms with E-state index in [1.54, 1.807) is 6.07 Å². The molecule has 1 heterocycles. The van der Waals surface area contributed by atoms with E-state index < -0.39 is 0 Å². The molecule has 2 nitrogen and oxygen atoms in total. The first-order chi connectivity index (χ1) is 4.75. The van der Waals surface area contributed by atoms with Crippen LogP contribution < -0.4 is 5.73 Å². The lowest BCUT2D eigenvalue weighted by Gasteiger charge is -2.04. The standard InChI is InChI=1S/C6H8ClNOS.ClH/c7-4-1-2-10-6(4)5(8)3-9;/h1-2,5,9H,3,8H2;1H/t5-;/m0./s1. The molecule has 3 N–H and O–H groups in total. The minimum atomic E-state index is -0.326. The van der Waals surface area contributed by atoms with Crippen molar-refractivity contribution in [1.82, 2.24) is 0 Å². The maximum atomic E-state index is 8.65. The number of hydrogen-bond donors (Lipinski definition) is 2. The topological polar surface area (TPSA) is 46.2 Å². The lowest BCUT2D eigenvalue weighted by molar-refractivity contribution is 0.269. The van der Waals surface area contributed by atoms with Gasteiger partial charge in [-0.2, -0.15) is 0 Å². The smallest absolute Gasteiger partial charge is 0.0639 e. The van der Waals surface area contributed by atoms with Gasteiger partial charge < -0.3 is 10.8 Å². The number of aliphatic hydroxyl groups excluding tert-OH is 1. The molecule has 11 heavy (non-hydrogen) atoms. The summed E-state index contributed by atoms with van der Waals surface area (Å²) in [5, 5.41) is 11.2. The molecule has 0 aliphatic carbocycles. The minimum Gasteiger partial charge on any atom is -0.394 e. The third-order valence-electron chi connectivity index (χ3n) is 1.18. The Bertz CT molecular complexity index is 216. The Morgan fingerprint density at radius 2 is 2.36 bits per heavy atom. The van der Waals surface area contributed by atoms with Crippen molar-refractivity contribution in [3.63, 3.8) is 0 Å². The number of hydrogen-bond acceptors (Lipinski definition) is 3. The zero-order valence-electron chi connectivity index (χ0n) is 5.66. The van der Waals surface area contributed by atoms with E-state index in [2.05, 4.69) is 0 Å². The molecule has 5 heteroatoms. The molecule has 0 radical (unpaired) electrons. The fraction of sp³-hybridized carbons (Fsp3) is 0.333. The first-order valence-corrected chi connectivity index (χ1v) is 4.10. The molecule has 0 aliphatic heterocycles. The van der Waals surface area contributed by atoms with E-state index in [1.165, 1.54) is 11.3 Å². The van der Waals surface area contributed by atoms with Crippen LogP contribution in [0.25, 0.3) is 0 Å². The molecule has 0 aliphatic rings. The SMILES string of the molecule is Cl.N[C@@H](CO)c1sccc1Cl. The third kappa shape index (κ3) is 2.61. The second-order valence-corrected chi connectivity index (χ2v) is 3.28. The molecule has 1 atom stereocenters. The van der Waals surface area contributed by atoms with E-state index in [0.717, 1.165) is 4.88 Å². The Balaban J connectivity index is 0.000001000. The first kappa shape index (κ1) is 11.2. The summed E-state index contributed by atoms with van der Waals surface area (Å²) in [5.74, 6) is 0. The predicted molar refractivity (Wildman–Crippen MR) is 50.6 cm³/mol. The van der Waals surface area contributed by atoms with E-state index in [4.69, 9.17) is 22.4 Å². The van der Waals surface area contributed by atoms with Crippen LogP contribution in [0, 0.1) is 0 Å². The largest absolute Gasteiger partial charge is 0.394 e. The molecule has 0 aromatic carbocycles. The summed E-state index contributed by atoms with van der Waals surface area (Å²) in [4.78, 5) is 0.851. The molecule has 0 bridgehead atoms. The molecule has 0 fully saturated rings. The fourth-order valence-corrected chi connectivity index (χ4v) is 1.85. The van der Waals surface area contributed by atoms with E-state index in [-0.39, 0.29) is 25.1 Å². The molecule has 0 spiro atoms. The average Bonchev–Trinajstić information content (AvgIpc) is 2.34. The summed E-state index contributed by atoms with van der Waals surface area (Å²) < 4.78 is 0. The predicted octanol–water partition coefficient (Wildman–Crippen LogP) is 1.82. The van der Waals surface area contributed by atoms with Crippen LogP contribution in [-0.4, -0.2) is 11.7 Å². The van der Waals surface area contributed by atoms with Gasteiger partial charge in [-0.15, -0.1) is 23.7 Å². The van der Waals surface area contributed by atoms with Crippen molar-refractivity contribution >= 4 is 35.3 Å². The van der Waals surface area contributed by atoms with Gasteiger partial charge in [0.15, 0.2) is 0 Å². The van der Waals surface area contributed by atoms with Crippen molar-refractivity contribution < 1.29 is 5.11 Å². The Hall–Kier alpha value is 0.200. The molecule has 0 amide bonds. The van der Waals surface area contributed by atoms with Gasteiger partial charge >= 0.3 is 0 Å². The van der Waals surface area contributed by atoms with Crippen LogP contribution >= 0.6 is 35.3 Å². The van der Waals surface area contributed by atoms with E-state index in [1.807, 2.05) is 5.38 Å². The highest BCUT2D eigenvalue weighted by atomic mass is 35.5. The average molecular weight is 214 g/mol. The van der Waals surface area contributed by atoms with Gasteiger partial charge in [0, 0.05) is 4.88 Å². The van der Waals surface area contributed by atoms with Gasteiger partial charge in [-0.05, 0) is 11.4 Å². The molecule has 0 saturated carbocycles. The quantitative estimate of drug-likeness (QED) is 0.788. The number of nitrogens with two attached hydrogens (primary N) is 1. The number of halogens is 2. The molecule has 1 aromatic rings. The Morgan fingerprint density at radius 1 is 1.73 bits per heavy atom. The second kappa shape index (κ2) is 4.95. The van der Waals surface area contributed by atoms with Gasteiger partial charge in [0.05, 0.1) is 17.7 Å². The Labute approximate surface area is 80.4 Å². The van der Waals surface area contributed by atoms with Gasteiger partial charge in [-0.25, -0.2) is 0 Å². The molecular formula is C6H9Cl2NOS. The van der Waals surface area contributed by atoms with Crippen LogP contribution in [0.3, 0.4) is 0 Å². The van der Waals surface area contributed by atoms with Crippen LogP contribution in [0.15, 0.2) is 11.4 Å². The molecule has 0 unspecified atom stereocenters. The van der Waals surface area contributed by atoms with Crippen molar-refractivity contribution in [1.29, 1.82) is 0 Å². The van der Waals surface area contributed by atoms with Crippen molar-refractivity contribution in [3.05, 3.63) is 21.3 Å². The monoisotopic (exact) mass is 213 g/mol. The highest BCUT2D eigenvalue weighted by Crippen LogP contribution is 2.26. The number of aliphatic hydroxyl groups is 1. The third-order valence-corrected chi connectivity index (χ3v) is 2.67. The van der Waals surface area contributed by atoms with Crippen molar-refractivity contribution in [3.8, 4) is 0 Å². The van der Waals surface area contributed by atoms with Gasteiger partial charge in [0.1, 0.15) is 0 Å². The molecule has 1 rings (SSSR count). The van der Waals surface area contributed by atoms with Crippen LogP contribution in [0.5, 0.6) is 0 Å². The summed E-state index contributed by atoms with van der Waals surface area (Å²) in [6, 6.07) is 1.45. The Kier molecular flexibility index (Phi) is 5.04. The minimum absolute atomic E-state index is 0. The summed E-state index contributed by atoms with van der Waals surface area (Å²) in [6.07, 6.45) is 0. The highest BCUT2D eigenvalue weighted by Gasteiger charge is 2.09. The van der Waals surface area contributed by atoms with E-state index in [0.29, 0.717) is 5.02 Å². The number of thiophene rings is 1. The second-order valence-electron chi connectivity index (χ2n) is 1.92. The number of rotatable bonds is 2. The summed E-state index contributed by atoms with van der Waals surface area (Å²) in [6.45, 7) is -0.0553. The fourth-order valence-electron chi connectivity index (χ4n) is 0.653. The van der Waals surface area contributed by atoms with Crippen molar-refractivity contribution in [2.24, 2.45) is 5.73 Å². The van der Waals surface area contributed by atoms with Crippen LogP contribution in [0.1, 0.15) is 10.9 Å². The normalized spacial score (nSPS) is 12.3. The molecule has 64 valence electrons. The maximum Gasteiger partial charge on any atom is 0.0639 e. The highest BCUT2D eigenvalue weighted by molar-refractivity contribution is 7.10. The molecule has 1 aromatic heterocycles. The lowest BCUT2D eigenvalue weighted by atomic mass is 10.3. The molecule has 0 saturated heterocycles. The van der Waals surface area contributed by atoms with Gasteiger partial charge in [-0.1, -0.05) is 11.6 Å². The summed E-state index contributed by atoms with van der Waals surface area (Å²) >= 11 is 7.20. The summed E-state index contributed by atoms with van der Waals surface area (Å²) in [5.41, 5.74) is 5.52. The zero-order valence-corrected chi connectivity index (χ0v) is 8.05. The van der Waals surface area contributed by atoms with Gasteiger partial charge in [-0.3, -0.25) is 0 Å². The van der Waals surface area contributed by atoms with E-state index in [9.17, 15) is 0 Å². The molecular weight excluding hydrogens is 205 g/mol. The first-order valence-electron chi connectivity index (χ1n) is 2.85. The van der Waals surface area contributed by atoms with Gasteiger partial charge in [0.2, 0.25) is 0 Å². The zero-order chi connectivity index (χ0) is 7.56. The van der Waals surface area contributed by atoms with Crippen LogP contribution in [0.2, 0.25) is 5.02 Å². The summed E-state index contributed by atoms with van der Waals surface area (Å²) in [7, 11) is 0. The van der Waals surface area contributed by atoms with Crippen molar-refractivity contribution in [2.45, 2.75) is 6.04 Å².